The van der Waals surface area contributed by atoms with E-state index in [2.05, 4.69) is 20.6 Å². The highest BCUT2D eigenvalue weighted by Crippen LogP contribution is 2.24. The summed E-state index contributed by atoms with van der Waals surface area (Å²) in [5.74, 6) is 0.660. The zero-order valence-electron chi connectivity index (χ0n) is 16.0. The van der Waals surface area contributed by atoms with Gasteiger partial charge in [0.1, 0.15) is 5.82 Å². The summed E-state index contributed by atoms with van der Waals surface area (Å²) in [5.41, 5.74) is 4.74. The van der Waals surface area contributed by atoms with Crippen molar-refractivity contribution in [3.8, 4) is 0 Å². The van der Waals surface area contributed by atoms with Gasteiger partial charge in [-0.05, 0) is 62.8 Å². The molecule has 0 radical (unpaired) electrons. The van der Waals surface area contributed by atoms with E-state index in [1.54, 1.807) is 12.1 Å². The van der Waals surface area contributed by atoms with Crippen molar-refractivity contribution in [3.05, 3.63) is 53.3 Å². The van der Waals surface area contributed by atoms with E-state index < -0.39 is 0 Å². The molecule has 3 aromatic rings. The quantitative estimate of drug-likeness (QED) is 0.651. The number of imidazole rings is 1. The molecule has 4 rings (SSSR count). The SMILES string of the molecule is CN(C)Cc1nc2ccc(NC(=O)c3ccc4c(c3)NC(=O)CCC4)cc2[nH]1. The number of H-pyrrole nitrogens is 1. The van der Waals surface area contributed by atoms with Gasteiger partial charge in [0, 0.05) is 23.4 Å². The van der Waals surface area contributed by atoms with Crippen LogP contribution in [0, 0.1) is 0 Å². The summed E-state index contributed by atoms with van der Waals surface area (Å²) in [6, 6.07) is 11.1. The molecule has 1 aromatic heterocycles. The summed E-state index contributed by atoms with van der Waals surface area (Å²) in [6.45, 7) is 0.719. The Morgan fingerprint density at radius 3 is 2.86 bits per heavy atom. The Morgan fingerprint density at radius 2 is 2.04 bits per heavy atom. The van der Waals surface area contributed by atoms with Gasteiger partial charge in [-0.2, -0.15) is 0 Å². The zero-order valence-corrected chi connectivity index (χ0v) is 16.0. The maximum atomic E-state index is 12.7. The Kier molecular flexibility index (Phi) is 4.83. The molecule has 2 amide bonds. The molecule has 1 aliphatic rings. The molecule has 3 N–H and O–H groups in total. The molecule has 0 fully saturated rings. The first kappa shape index (κ1) is 18.2. The molecule has 0 spiro atoms. The number of benzene rings is 2. The number of hydrogen-bond donors (Lipinski definition) is 3. The third-order valence-corrected chi connectivity index (χ3v) is 4.75. The van der Waals surface area contributed by atoms with E-state index in [1.807, 2.05) is 43.3 Å². The number of aromatic nitrogens is 2. The third-order valence-electron chi connectivity index (χ3n) is 4.75. The van der Waals surface area contributed by atoms with Crippen LogP contribution in [0.15, 0.2) is 36.4 Å². The number of nitrogens with zero attached hydrogens (tertiary/aromatic N) is 2. The fraction of sp³-hybridized carbons (Fsp3) is 0.286. The molecular formula is C21H23N5O2. The number of fused-ring (bicyclic) bond motifs is 2. The summed E-state index contributed by atoms with van der Waals surface area (Å²) in [5, 5.41) is 5.81. The van der Waals surface area contributed by atoms with Gasteiger partial charge in [-0.1, -0.05) is 6.07 Å². The smallest absolute Gasteiger partial charge is 0.255 e. The molecule has 0 atom stereocenters. The first-order valence-electron chi connectivity index (χ1n) is 9.35. The molecule has 0 saturated heterocycles. The second-order valence-corrected chi connectivity index (χ2v) is 7.38. The van der Waals surface area contributed by atoms with E-state index in [-0.39, 0.29) is 11.8 Å². The molecular weight excluding hydrogens is 354 g/mol. The van der Waals surface area contributed by atoms with Gasteiger partial charge in [0.15, 0.2) is 0 Å². The number of aromatic amines is 1. The molecule has 0 saturated carbocycles. The van der Waals surface area contributed by atoms with Crippen molar-refractivity contribution < 1.29 is 9.59 Å². The van der Waals surface area contributed by atoms with Crippen molar-refractivity contribution in [3.63, 3.8) is 0 Å². The molecule has 0 aliphatic carbocycles. The first-order valence-corrected chi connectivity index (χ1v) is 9.35. The van der Waals surface area contributed by atoms with Crippen LogP contribution >= 0.6 is 0 Å². The van der Waals surface area contributed by atoms with Gasteiger partial charge in [0.25, 0.3) is 5.91 Å². The predicted molar refractivity (Wildman–Crippen MR) is 109 cm³/mol. The van der Waals surface area contributed by atoms with Crippen LogP contribution in [0.4, 0.5) is 11.4 Å². The van der Waals surface area contributed by atoms with Crippen LogP contribution in [0.25, 0.3) is 11.0 Å². The van der Waals surface area contributed by atoms with Crippen molar-refractivity contribution >= 4 is 34.2 Å². The summed E-state index contributed by atoms with van der Waals surface area (Å²) in [4.78, 5) is 34.4. The summed E-state index contributed by atoms with van der Waals surface area (Å²) in [6.07, 6.45) is 2.17. The van der Waals surface area contributed by atoms with E-state index in [0.29, 0.717) is 17.7 Å². The number of carbonyl (C=O) groups is 2. The minimum atomic E-state index is -0.214. The monoisotopic (exact) mass is 377 g/mol. The standard InChI is InChI=1S/C21H23N5O2/c1-26(2)12-19-23-16-9-8-15(11-18(16)24-19)22-21(28)14-7-6-13-4-3-5-20(27)25-17(13)10-14/h6-11H,3-5,12H2,1-2H3,(H,22,28)(H,23,24)(H,25,27). The average Bonchev–Trinajstić information content (AvgIpc) is 2.92. The van der Waals surface area contributed by atoms with Crippen LogP contribution in [0.2, 0.25) is 0 Å². The van der Waals surface area contributed by atoms with Gasteiger partial charge in [-0.3, -0.25) is 9.59 Å². The lowest BCUT2D eigenvalue weighted by Crippen LogP contribution is -2.14. The Balaban J connectivity index is 1.54. The van der Waals surface area contributed by atoms with Crippen molar-refractivity contribution in [2.24, 2.45) is 0 Å². The number of amides is 2. The van der Waals surface area contributed by atoms with E-state index in [0.717, 1.165) is 47.5 Å². The van der Waals surface area contributed by atoms with Crippen molar-refractivity contribution in [2.75, 3.05) is 24.7 Å². The van der Waals surface area contributed by atoms with Gasteiger partial charge < -0.3 is 20.5 Å². The van der Waals surface area contributed by atoms with Gasteiger partial charge in [0.2, 0.25) is 5.91 Å². The number of nitrogens with one attached hydrogen (secondary N) is 3. The van der Waals surface area contributed by atoms with Crippen LogP contribution in [-0.2, 0) is 17.8 Å². The maximum Gasteiger partial charge on any atom is 0.255 e. The Morgan fingerprint density at radius 1 is 1.18 bits per heavy atom. The van der Waals surface area contributed by atoms with E-state index in [1.165, 1.54) is 0 Å². The molecule has 28 heavy (non-hydrogen) atoms. The van der Waals surface area contributed by atoms with Gasteiger partial charge in [0.05, 0.1) is 17.6 Å². The molecule has 2 heterocycles. The molecule has 2 aromatic carbocycles. The lowest BCUT2D eigenvalue weighted by molar-refractivity contribution is -0.116. The van der Waals surface area contributed by atoms with Crippen LogP contribution in [0.3, 0.4) is 0 Å². The van der Waals surface area contributed by atoms with Gasteiger partial charge >= 0.3 is 0 Å². The lowest BCUT2D eigenvalue weighted by Gasteiger charge is -2.10. The summed E-state index contributed by atoms with van der Waals surface area (Å²) in [7, 11) is 3.98. The molecule has 144 valence electrons. The Bertz CT molecular complexity index is 1050. The predicted octanol–water partition coefficient (Wildman–Crippen LogP) is 3.15. The second-order valence-electron chi connectivity index (χ2n) is 7.38. The molecule has 0 unspecified atom stereocenters. The molecule has 7 nitrogen and oxygen atoms in total. The average molecular weight is 377 g/mol. The third kappa shape index (κ3) is 3.89. The number of anilines is 2. The summed E-state index contributed by atoms with van der Waals surface area (Å²) >= 11 is 0. The van der Waals surface area contributed by atoms with E-state index in [4.69, 9.17) is 0 Å². The second kappa shape index (κ2) is 7.44. The largest absolute Gasteiger partial charge is 0.341 e. The molecule has 1 aliphatic heterocycles. The van der Waals surface area contributed by atoms with Crippen molar-refractivity contribution in [2.45, 2.75) is 25.8 Å². The van der Waals surface area contributed by atoms with Gasteiger partial charge in [-0.15, -0.1) is 0 Å². The van der Waals surface area contributed by atoms with Crippen LogP contribution < -0.4 is 10.6 Å². The number of carbonyl (C=O) groups excluding carboxylic acids is 2. The number of hydrogen-bond acceptors (Lipinski definition) is 4. The van der Waals surface area contributed by atoms with Crippen molar-refractivity contribution in [1.82, 2.24) is 14.9 Å². The number of rotatable bonds is 4. The minimum Gasteiger partial charge on any atom is -0.341 e. The van der Waals surface area contributed by atoms with Gasteiger partial charge in [-0.25, -0.2) is 4.98 Å². The first-order chi connectivity index (χ1) is 13.5. The van der Waals surface area contributed by atoms with Crippen LogP contribution in [0.1, 0.15) is 34.6 Å². The summed E-state index contributed by atoms with van der Waals surface area (Å²) < 4.78 is 0. The zero-order chi connectivity index (χ0) is 19.7. The highest BCUT2D eigenvalue weighted by molar-refractivity contribution is 6.06. The molecule has 7 heteroatoms. The highest BCUT2D eigenvalue weighted by atomic mass is 16.2. The normalized spacial score (nSPS) is 13.9. The molecule has 0 bridgehead atoms. The fourth-order valence-electron chi connectivity index (χ4n) is 3.42. The lowest BCUT2D eigenvalue weighted by atomic mass is 10.0. The Labute approximate surface area is 163 Å². The van der Waals surface area contributed by atoms with E-state index >= 15 is 0 Å². The van der Waals surface area contributed by atoms with Crippen LogP contribution in [-0.4, -0.2) is 40.8 Å². The Hall–Kier alpha value is -3.19. The van der Waals surface area contributed by atoms with Crippen LogP contribution in [0.5, 0.6) is 0 Å². The van der Waals surface area contributed by atoms with E-state index in [9.17, 15) is 9.59 Å². The fourth-order valence-corrected chi connectivity index (χ4v) is 3.42. The topological polar surface area (TPSA) is 90.1 Å². The van der Waals surface area contributed by atoms with Crippen molar-refractivity contribution in [1.29, 1.82) is 0 Å². The maximum absolute atomic E-state index is 12.7. The number of aryl methyl sites for hydroxylation is 1. The minimum absolute atomic E-state index is 0.00506. The highest BCUT2D eigenvalue weighted by Gasteiger charge is 2.15.